The van der Waals surface area contributed by atoms with Gasteiger partial charge in [-0.1, -0.05) is 22.4 Å². The van der Waals surface area contributed by atoms with E-state index in [4.69, 9.17) is 5.26 Å². The molecule has 1 aromatic rings. The summed E-state index contributed by atoms with van der Waals surface area (Å²) >= 11 is 5.05. The average Bonchev–Trinajstić information content (AvgIpc) is 2.40. The van der Waals surface area contributed by atoms with Crippen molar-refractivity contribution in [3.8, 4) is 6.07 Å². The third kappa shape index (κ3) is 3.27. The van der Waals surface area contributed by atoms with Gasteiger partial charge in [0.05, 0.1) is 16.5 Å². The summed E-state index contributed by atoms with van der Waals surface area (Å²) < 4.78 is 0.855. The summed E-state index contributed by atoms with van der Waals surface area (Å²) in [5.41, 5.74) is 1.08. The maximum absolute atomic E-state index is 12.1. The standard InChI is InChI=1S/C13H13BrN2OS/c14-10-5-4-9(8-15)11(7-10)16-13(17)12-3-1-2-6-18-12/h4-5,7,12H,1-3,6H2,(H,16,17). The molecule has 1 aliphatic heterocycles. The molecule has 1 heterocycles. The van der Waals surface area contributed by atoms with Crippen LogP contribution in [0.25, 0.3) is 0 Å². The Bertz CT molecular complexity index is 492. The number of anilines is 1. The number of nitrogens with zero attached hydrogens (tertiary/aromatic N) is 1. The number of hydrogen-bond donors (Lipinski definition) is 1. The summed E-state index contributed by atoms with van der Waals surface area (Å²) in [5, 5.41) is 11.9. The second kappa shape index (κ2) is 6.26. The fraction of sp³-hybridized carbons (Fsp3) is 0.385. The first-order valence-electron chi connectivity index (χ1n) is 5.83. The predicted octanol–water partition coefficient (Wildman–Crippen LogP) is 3.54. The van der Waals surface area contributed by atoms with E-state index in [0.29, 0.717) is 11.3 Å². The number of carbonyl (C=O) groups is 1. The fourth-order valence-corrected chi connectivity index (χ4v) is 3.44. The molecule has 1 unspecified atom stereocenters. The first-order valence-corrected chi connectivity index (χ1v) is 7.67. The maximum Gasteiger partial charge on any atom is 0.237 e. The normalized spacial score (nSPS) is 19.0. The van der Waals surface area contributed by atoms with E-state index >= 15 is 0 Å². The van der Waals surface area contributed by atoms with Gasteiger partial charge in [0.1, 0.15) is 6.07 Å². The summed E-state index contributed by atoms with van der Waals surface area (Å²) in [4.78, 5) is 12.1. The van der Waals surface area contributed by atoms with Gasteiger partial charge in [-0.2, -0.15) is 5.26 Å². The number of amides is 1. The zero-order chi connectivity index (χ0) is 13.0. The lowest BCUT2D eigenvalue weighted by Crippen LogP contribution is -2.27. The first-order chi connectivity index (χ1) is 8.70. The van der Waals surface area contributed by atoms with Crippen LogP contribution in [0.4, 0.5) is 5.69 Å². The van der Waals surface area contributed by atoms with Crippen molar-refractivity contribution in [3.63, 3.8) is 0 Å². The maximum atomic E-state index is 12.1. The monoisotopic (exact) mass is 324 g/mol. The van der Waals surface area contributed by atoms with E-state index in [1.54, 1.807) is 30.0 Å². The van der Waals surface area contributed by atoms with Gasteiger partial charge in [-0.25, -0.2) is 0 Å². The minimum Gasteiger partial charge on any atom is -0.324 e. The molecule has 0 radical (unpaired) electrons. The molecule has 1 atom stereocenters. The Morgan fingerprint density at radius 3 is 3.00 bits per heavy atom. The van der Waals surface area contributed by atoms with Crippen LogP contribution >= 0.6 is 27.7 Å². The van der Waals surface area contributed by atoms with E-state index in [-0.39, 0.29) is 11.2 Å². The van der Waals surface area contributed by atoms with E-state index in [1.165, 1.54) is 6.42 Å². The molecule has 0 aliphatic carbocycles. The summed E-state index contributed by atoms with van der Waals surface area (Å²) in [5.74, 6) is 1.05. The molecule has 1 saturated heterocycles. The second-order valence-electron chi connectivity index (χ2n) is 4.15. The number of thioether (sulfide) groups is 1. The van der Waals surface area contributed by atoms with Gasteiger partial charge in [0.25, 0.3) is 0 Å². The van der Waals surface area contributed by atoms with Crippen molar-refractivity contribution in [2.45, 2.75) is 24.5 Å². The van der Waals surface area contributed by atoms with Crippen LogP contribution in [-0.2, 0) is 4.79 Å². The molecule has 1 amide bonds. The Morgan fingerprint density at radius 2 is 2.33 bits per heavy atom. The van der Waals surface area contributed by atoms with Crippen molar-refractivity contribution >= 4 is 39.3 Å². The summed E-state index contributed by atoms with van der Waals surface area (Å²) in [6.07, 6.45) is 3.22. The van der Waals surface area contributed by atoms with Gasteiger partial charge in [0.15, 0.2) is 0 Å². The fourth-order valence-electron chi connectivity index (χ4n) is 1.88. The SMILES string of the molecule is N#Cc1ccc(Br)cc1NC(=O)C1CCCCS1. The molecule has 0 spiro atoms. The van der Waals surface area contributed by atoms with Crippen LogP contribution in [0.3, 0.4) is 0 Å². The van der Waals surface area contributed by atoms with Gasteiger partial charge in [-0.05, 0) is 36.8 Å². The van der Waals surface area contributed by atoms with Crippen molar-refractivity contribution in [1.29, 1.82) is 5.26 Å². The molecule has 2 rings (SSSR count). The van der Waals surface area contributed by atoms with E-state index in [1.807, 2.05) is 0 Å². The number of hydrogen-bond acceptors (Lipinski definition) is 3. The smallest absolute Gasteiger partial charge is 0.237 e. The van der Waals surface area contributed by atoms with Crippen molar-refractivity contribution in [3.05, 3.63) is 28.2 Å². The molecule has 0 aromatic heterocycles. The summed E-state index contributed by atoms with van der Waals surface area (Å²) in [7, 11) is 0. The zero-order valence-corrected chi connectivity index (χ0v) is 12.2. The molecular formula is C13H13BrN2OS. The number of halogens is 1. The van der Waals surface area contributed by atoms with Gasteiger partial charge in [-0.3, -0.25) is 4.79 Å². The quantitative estimate of drug-likeness (QED) is 0.905. The van der Waals surface area contributed by atoms with Gasteiger partial charge in [-0.15, -0.1) is 11.8 Å². The van der Waals surface area contributed by atoms with Crippen LogP contribution in [0, 0.1) is 11.3 Å². The first kappa shape index (κ1) is 13.4. The van der Waals surface area contributed by atoms with E-state index < -0.39 is 0 Å². The third-order valence-electron chi connectivity index (χ3n) is 2.83. The number of rotatable bonds is 2. The average molecular weight is 325 g/mol. The Hall–Kier alpha value is -0.990. The largest absolute Gasteiger partial charge is 0.324 e. The Balaban J connectivity index is 2.11. The molecular weight excluding hydrogens is 312 g/mol. The van der Waals surface area contributed by atoms with E-state index in [2.05, 4.69) is 27.3 Å². The molecule has 5 heteroatoms. The van der Waals surface area contributed by atoms with E-state index in [9.17, 15) is 4.79 Å². The second-order valence-corrected chi connectivity index (χ2v) is 6.37. The lowest BCUT2D eigenvalue weighted by Gasteiger charge is -2.20. The molecule has 1 N–H and O–H groups in total. The minimum absolute atomic E-state index is 0.00861. The topological polar surface area (TPSA) is 52.9 Å². The minimum atomic E-state index is 0.00861. The summed E-state index contributed by atoms with van der Waals surface area (Å²) in [6, 6.07) is 7.35. The van der Waals surface area contributed by atoms with Crippen LogP contribution in [0.1, 0.15) is 24.8 Å². The number of carbonyl (C=O) groups excluding carboxylic acids is 1. The van der Waals surface area contributed by atoms with Gasteiger partial charge in [0, 0.05) is 4.47 Å². The van der Waals surface area contributed by atoms with E-state index in [0.717, 1.165) is 23.1 Å². The molecule has 0 bridgehead atoms. The van der Waals surface area contributed by atoms with Crippen LogP contribution in [0.5, 0.6) is 0 Å². The van der Waals surface area contributed by atoms with Gasteiger partial charge >= 0.3 is 0 Å². The summed E-state index contributed by atoms with van der Waals surface area (Å²) in [6.45, 7) is 0. The third-order valence-corrected chi connectivity index (χ3v) is 4.70. The molecule has 1 aliphatic rings. The van der Waals surface area contributed by atoms with Crippen LogP contribution in [-0.4, -0.2) is 16.9 Å². The van der Waals surface area contributed by atoms with Crippen molar-refractivity contribution in [2.75, 3.05) is 11.1 Å². The molecule has 1 fully saturated rings. The Labute approximate surface area is 119 Å². The van der Waals surface area contributed by atoms with Crippen LogP contribution < -0.4 is 5.32 Å². The lowest BCUT2D eigenvalue weighted by molar-refractivity contribution is -0.115. The Morgan fingerprint density at radius 1 is 1.50 bits per heavy atom. The van der Waals surface area contributed by atoms with Gasteiger partial charge in [0.2, 0.25) is 5.91 Å². The van der Waals surface area contributed by atoms with Crippen molar-refractivity contribution in [1.82, 2.24) is 0 Å². The number of benzene rings is 1. The highest BCUT2D eigenvalue weighted by atomic mass is 79.9. The molecule has 18 heavy (non-hydrogen) atoms. The molecule has 1 aromatic carbocycles. The predicted molar refractivity (Wildman–Crippen MR) is 77.6 cm³/mol. The Kier molecular flexibility index (Phi) is 4.67. The van der Waals surface area contributed by atoms with Crippen molar-refractivity contribution in [2.24, 2.45) is 0 Å². The molecule has 3 nitrogen and oxygen atoms in total. The highest BCUT2D eigenvalue weighted by Crippen LogP contribution is 2.27. The van der Waals surface area contributed by atoms with Gasteiger partial charge < -0.3 is 5.32 Å². The number of nitrogens with one attached hydrogen (secondary N) is 1. The highest BCUT2D eigenvalue weighted by molar-refractivity contribution is 9.10. The highest BCUT2D eigenvalue weighted by Gasteiger charge is 2.22. The van der Waals surface area contributed by atoms with Crippen LogP contribution in [0.2, 0.25) is 0 Å². The lowest BCUT2D eigenvalue weighted by atomic mass is 10.1. The number of nitriles is 1. The molecule has 0 saturated carbocycles. The molecule has 94 valence electrons. The van der Waals surface area contributed by atoms with Crippen molar-refractivity contribution < 1.29 is 4.79 Å². The zero-order valence-electron chi connectivity index (χ0n) is 9.78. The van der Waals surface area contributed by atoms with Crippen LogP contribution in [0.15, 0.2) is 22.7 Å².